The van der Waals surface area contributed by atoms with Crippen LogP contribution in [0.25, 0.3) is 10.8 Å². The predicted octanol–water partition coefficient (Wildman–Crippen LogP) is 4.79. The predicted molar refractivity (Wildman–Crippen MR) is 135 cm³/mol. The standard InChI is InChI=1S/C24H29ClN3O3S2/c1-3-27-17-23(32-24(27)26-2)28(12-5-4-6-13-28)22(29)11-14-33(30,31)21-10-8-18-15-20(25)9-7-19(18)16-21/h7-10,15-17H,3-6,11-14H2,1-2H3/q+1/b26-24-. The smallest absolute Gasteiger partial charge is 0.318 e. The highest BCUT2D eigenvalue weighted by Gasteiger charge is 2.42. The SMILES string of the molecule is CCn1cc([N+]2(C(=O)CCS(=O)(=O)c3ccc4cc(Cl)ccc4c3)CCCCC2)s/c1=N\C. The molecule has 4 rings (SSSR count). The number of halogens is 1. The average Bonchev–Trinajstić information content (AvgIpc) is 3.26. The molecule has 2 aromatic carbocycles. The van der Waals surface area contributed by atoms with E-state index in [1.165, 1.54) is 11.3 Å². The molecule has 0 atom stereocenters. The minimum absolute atomic E-state index is 0.0103. The Balaban J connectivity index is 1.60. The molecule has 1 amide bonds. The van der Waals surface area contributed by atoms with Gasteiger partial charge in [0.25, 0.3) is 0 Å². The van der Waals surface area contributed by atoms with Gasteiger partial charge >= 0.3 is 5.91 Å². The van der Waals surface area contributed by atoms with Crippen molar-refractivity contribution >= 4 is 54.5 Å². The number of nitrogens with zero attached hydrogens (tertiary/aromatic N) is 3. The quantitative estimate of drug-likeness (QED) is 0.451. The van der Waals surface area contributed by atoms with Crippen molar-refractivity contribution in [3.63, 3.8) is 0 Å². The van der Waals surface area contributed by atoms with E-state index in [1.54, 1.807) is 31.3 Å². The molecule has 0 saturated carbocycles. The third-order valence-corrected chi connectivity index (χ3v) is 9.65. The monoisotopic (exact) mass is 506 g/mol. The number of hydrogen-bond acceptors (Lipinski definition) is 5. The first-order valence-corrected chi connectivity index (χ1v) is 14.1. The van der Waals surface area contributed by atoms with E-state index in [0.717, 1.165) is 46.4 Å². The molecule has 176 valence electrons. The van der Waals surface area contributed by atoms with E-state index >= 15 is 0 Å². The van der Waals surface area contributed by atoms with Gasteiger partial charge in [-0.2, -0.15) is 0 Å². The van der Waals surface area contributed by atoms with Crippen LogP contribution >= 0.6 is 22.9 Å². The fraction of sp³-hybridized carbons (Fsp3) is 0.417. The molecule has 2 heterocycles. The number of carbonyl (C=O) groups excluding carboxylic acids is 1. The van der Waals surface area contributed by atoms with E-state index in [2.05, 4.69) is 16.5 Å². The van der Waals surface area contributed by atoms with E-state index in [9.17, 15) is 13.2 Å². The van der Waals surface area contributed by atoms with Crippen molar-refractivity contribution in [1.82, 2.24) is 9.05 Å². The molecular formula is C24H29ClN3O3S2+. The van der Waals surface area contributed by atoms with Crippen molar-refractivity contribution in [1.29, 1.82) is 0 Å². The summed E-state index contributed by atoms with van der Waals surface area (Å²) in [6.07, 6.45) is 5.02. The second kappa shape index (κ2) is 9.70. The molecule has 1 aromatic heterocycles. The van der Waals surface area contributed by atoms with Crippen LogP contribution in [0.3, 0.4) is 0 Å². The van der Waals surface area contributed by atoms with Gasteiger partial charge in [-0.15, -0.1) is 0 Å². The molecular weight excluding hydrogens is 478 g/mol. The lowest BCUT2D eigenvalue weighted by atomic mass is 10.1. The number of likely N-dealkylation sites (tertiary alicyclic amines) is 1. The number of fused-ring (bicyclic) bond motifs is 1. The van der Waals surface area contributed by atoms with Crippen LogP contribution in [0.5, 0.6) is 0 Å². The summed E-state index contributed by atoms with van der Waals surface area (Å²) in [5, 5.41) is 3.26. The summed E-state index contributed by atoms with van der Waals surface area (Å²) in [6.45, 7) is 4.25. The summed E-state index contributed by atoms with van der Waals surface area (Å²) >= 11 is 7.57. The summed E-state index contributed by atoms with van der Waals surface area (Å²) in [7, 11) is -1.84. The van der Waals surface area contributed by atoms with Crippen LogP contribution in [-0.4, -0.2) is 44.8 Å². The number of carbonyl (C=O) groups is 1. The number of benzene rings is 2. The molecule has 0 bridgehead atoms. The highest BCUT2D eigenvalue weighted by molar-refractivity contribution is 7.91. The number of thiazole rings is 1. The lowest BCUT2D eigenvalue weighted by Crippen LogP contribution is -2.57. The number of quaternary nitrogens is 1. The minimum Gasteiger partial charge on any atom is -0.318 e. The molecule has 0 spiro atoms. The van der Waals surface area contributed by atoms with Crippen LogP contribution in [0.4, 0.5) is 5.00 Å². The molecule has 0 N–H and O–H groups in total. The lowest BCUT2D eigenvalue weighted by molar-refractivity contribution is -0.130. The van der Waals surface area contributed by atoms with Gasteiger partial charge in [0.05, 0.1) is 36.4 Å². The normalized spacial score (nSPS) is 16.9. The Kier molecular flexibility index (Phi) is 7.09. The zero-order valence-corrected chi connectivity index (χ0v) is 21.3. The number of piperidine rings is 1. The molecule has 0 aliphatic carbocycles. The van der Waals surface area contributed by atoms with Crippen molar-refractivity contribution in [3.8, 4) is 0 Å². The second-order valence-electron chi connectivity index (χ2n) is 8.45. The number of rotatable bonds is 6. The number of amides is 1. The molecule has 33 heavy (non-hydrogen) atoms. The maximum Gasteiger partial charge on any atom is 0.320 e. The first-order valence-electron chi connectivity index (χ1n) is 11.3. The maximum atomic E-state index is 13.6. The van der Waals surface area contributed by atoms with E-state index in [1.807, 2.05) is 18.3 Å². The summed E-state index contributed by atoms with van der Waals surface area (Å²) in [6, 6.07) is 10.4. The topological polar surface area (TPSA) is 68.5 Å². The minimum atomic E-state index is -3.60. The van der Waals surface area contributed by atoms with Crippen LogP contribution in [0.1, 0.15) is 32.6 Å². The van der Waals surface area contributed by atoms with Gasteiger partial charge in [-0.3, -0.25) is 4.99 Å². The first-order chi connectivity index (χ1) is 15.8. The highest BCUT2D eigenvalue weighted by Crippen LogP contribution is 2.33. The van der Waals surface area contributed by atoms with Crippen molar-refractivity contribution in [2.45, 2.75) is 44.0 Å². The summed E-state index contributed by atoms with van der Waals surface area (Å²) < 4.78 is 28.5. The molecule has 1 fully saturated rings. The Labute approximate surface area is 203 Å². The van der Waals surface area contributed by atoms with Gasteiger partial charge in [0.1, 0.15) is 0 Å². The van der Waals surface area contributed by atoms with E-state index < -0.39 is 9.84 Å². The average molecular weight is 507 g/mol. The molecule has 1 saturated heterocycles. The van der Waals surface area contributed by atoms with Crippen LogP contribution in [0, 0.1) is 0 Å². The molecule has 3 aromatic rings. The molecule has 6 nitrogen and oxygen atoms in total. The van der Waals surface area contributed by atoms with Gasteiger partial charge in [0.15, 0.2) is 14.6 Å². The summed E-state index contributed by atoms with van der Waals surface area (Å²) in [4.78, 5) is 19.1. The Morgan fingerprint density at radius 2 is 1.82 bits per heavy atom. The van der Waals surface area contributed by atoms with Crippen molar-refractivity contribution in [2.75, 3.05) is 25.9 Å². The Hall–Kier alpha value is -2.00. The zero-order valence-electron chi connectivity index (χ0n) is 19.0. The molecule has 1 aliphatic heterocycles. The van der Waals surface area contributed by atoms with Crippen molar-refractivity contribution in [3.05, 3.63) is 52.4 Å². The Morgan fingerprint density at radius 1 is 1.12 bits per heavy atom. The number of sulfone groups is 1. The third kappa shape index (κ3) is 4.80. The van der Waals surface area contributed by atoms with Crippen LogP contribution in [0.15, 0.2) is 52.5 Å². The largest absolute Gasteiger partial charge is 0.320 e. The third-order valence-electron chi connectivity index (χ3n) is 6.44. The molecule has 1 aliphatic rings. The molecule has 9 heteroatoms. The maximum absolute atomic E-state index is 13.6. The second-order valence-corrected chi connectivity index (χ2v) is 12.0. The molecule has 0 radical (unpaired) electrons. The zero-order chi connectivity index (χ0) is 23.6. The number of aromatic nitrogens is 1. The number of hydrogen-bond donors (Lipinski definition) is 0. The van der Waals surface area contributed by atoms with Gasteiger partial charge < -0.3 is 4.57 Å². The lowest BCUT2D eigenvalue weighted by Gasteiger charge is -2.36. The number of aryl methyl sites for hydroxylation is 1. The highest BCUT2D eigenvalue weighted by atomic mass is 35.5. The summed E-state index contributed by atoms with van der Waals surface area (Å²) in [5.74, 6) is -0.229. The van der Waals surface area contributed by atoms with Crippen LogP contribution in [-0.2, 0) is 21.2 Å². The Bertz CT molecular complexity index is 1350. The van der Waals surface area contributed by atoms with Crippen LogP contribution in [0.2, 0.25) is 5.02 Å². The van der Waals surface area contributed by atoms with E-state index in [4.69, 9.17) is 11.6 Å². The van der Waals surface area contributed by atoms with Gasteiger partial charge in [-0.1, -0.05) is 23.7 Å². The van der Waals surface area contributed by atoms with Crippen LogP contribution < -0.4 is 9.28 Å². The van der Waals surface area contributed by atoms with Gasteiger partial charge in [-0.25, -0.2) is 17.7 Å². The fourth-order valence-corrected chi connectivity index (χ4v) is 7.21. The van der Waals surface area contributed by atoms with Gasteiger partial charge in [0, 0.05) is 18.6 Å². The van der Waals surface area contributed by atoms with Gasteiger partial charge in [-0.05, 0) is 72.6 Å². The fourth-order valence-electron chi connectivity index (χ4n) is 4.55. The molecule has 0 unspecified atom stereocenters. The first kappa shape index (κ1) is 24.1. The summed E-state index contributed by atoms with van der Waals surface area (Å²) in [5.41, 5.74) is 0. The van der Waals surface area contributed by atoms with Gasteiger partial charge in [0.2, 0.25) is 5.00 Å². The van der Waals surface area contributed by atoms with E-state index in [-0.39, 0.29) is 27.5 Å². The Morgan fingerprint density at radius 3 is 2.48 bits per heavy atom. The van der Waals surface area contributed by atoms with Crippen molar-refractivity contribution in [2.24, 2.45) is 4.99 Å². The van der Waals surface area contributed by atoms with E-state index in [0.29, 0.717) is 18.1 Å². The van der Waals surface area contributed by atoms with Crippen molar-refractivity contribution < 1.29 is 13.2 Å².